The van der Waals surface area contributed by atoms with Crippen molar-refractivity contribution in [1.29, 1.82) is 0 Å². The van der Waals surface area contributed by atoms with Crippen LogP contribution in [-0.2, 0) is 13.0 Å². The monoisotopic (exact) mass is 257 g/mol. The molecule has 0 radical (unpaired) electrons. The Bertz CT molecular complexity index is 656. The van der Waals surface area contributed by atoms with Crippen LogP contribution in [-0.4, -0.2) is 35.9 Å². The minimum atomic E-state index is 0.626. The lowest BCUT2D eigenvalue weighted by Gasteiger charge is -2.09. The zero-order valence-corrected chi connectivity index (χ0v) is 10.7. The number of nitrogens with zero attached hydrogens (tertiary/aromatic N) is 6. The molecule has 98 valence electrons. The molecule has 0 saturated heterocycles. The second kappa shape index (κ2) is 5.05. The number of rotatable bonds is 5. The molecule has 0 aliphatic rings. The van der Waals surface area contributed by atoms with Gasteiger partial charge in [0.2, 0.25) is 0 Å². The van der Waals surface area contributed by atoms with E-state index in [1.807, 2.05) is 23.0 Å². The molecule has 3 heterocycles. The number of hydrogen-bond acceptors (Lipinski definition) is 5. The van der Waals surface area contributed by atoms with E-state index in [0.717, 1.165) is 31.0 Å². The summed E-state index contributed by atoms with van der Waals surface area (Å²) in [7, 11) is 0. The number of hydrogen-bond donors (Lipinski definition) is 1. The highest BCUT2D eigenvalue weighted by Crippen LogP contribution is 2.10. The fourth-order valence-electron chi connectivity index (χ4n) is 1.90. The summed E-state index contributed by atoms with van der Waals surface area (Å²) in [5, 5.41) is 11.7. The van der Waals surface area contributed by atoms with Crippen molar-refractivity contribution in [3.05, 3.63) is 36.5 Å². The smallest absolute Gasteiger partial charge is 0.254 e. The minimum Gasteiger partial charge on any atom is -0.368 e. The predicted octanol–water partition coefficient (Wildman–Crippen LogP) is 0.995. The molecule has 3 rings (SSSR count). The first kappa shape index (κ1) is 11.6. The molecule has 0 aliphatic heterocycles. The van der Waals surface area contributed by atoms with E-state index >= 15 is 0 Å². The highest BCUT2D eigenvalue weighted by Gasteiger charge is 2.06. The fraction of sp³-hybridized carbons (Fsp3) is 0.333. The van der Waals surface area contributed by atoms with Crippen molar-refractivity contribution in [2.75, 3.05) is 11.9 Å². The van der Waals surface area contributed by atoms with Gasteiger partial charge in [0.25, 0.3) is 5.78 Å². The van der Waals surface area contributed by atoms with Gasteiger partial charge in [0.05, 0.1) is 6.54 Å². The van der Waals surface area contributed by atoms with Crippen LogP contribution < -0.4 is 5.32 Å². The van der Waals surface area contributed by atoms with Crippen molar-refractivity contribution in [2.24, 2.45) is 0 Å². The molecule has 7 nitrogen and oxygen atoms in total. The summed E-state index contributed by atoms with van der Waals surface area (Å²) >= 11 is 0. The molecular weight excluding hydrogens is 242 g/mol. The van der Waals surface area contributed by atoms with E-state index in [9.17, 15) is 0 Å². The Kier molecular flexibility index (Phi) is 3.09. The maximum Gasteiger partial charge on any atom is 0.254 e. The number of nitrogens with one attached hydrogen (secondary N) is 1. The van der Waals surface area contributed by atoms with E-state index in [-0.39, 0.29) is 0 Å². The van der Waals surface area contributed by atoms with Crippen LogP contribution in [0.15, 0.2) is 30.9 Å². The predicted molar refractivity (Wildman–Crippen MR) is 70.9 cm³/mol. The third-order valence-electron chi connectivity index (χ3n) is 2.87. The van der Waals surface area contributed by atoms with Crippen LogP contribution in [0.5, 0.6) is 0 Å². The standard InChI is InChI=1S/C12H15N7/c1-2-10-8-11(19-12(17-10)14-9-16-19)13-5-7-18-6-3-4-15-18/h3-4,6,8-9,13H,2,5,7H2,1H3. The number of anilines is 1. The Balaban J connectivity index is 1.77. The van der Waals surface area contributed by atoms with Crippen LogP contribution in [0.2, 0.25) is 0 Å². The maximum atomic E-state index is 4.40. The summed E-state index contributed by atoms with van der Waals surface area (Å²) in [6, 6.07) is 3.92. The van der Waals surface area contributed by atoms with Crippen molar-refractivity contribution in [3.8, 4) is 0 Å². The molecule has 0 amide bonds. The first-order valence-electron chi connectivity index (χ1n) is 6.28. The van der Waals surface area contributed by atoms with Gasteiger partial charge in [-0.15, -0.1) is 0 Å². The minimum absolute atomic E-state index is 0.626. The van der Waals surface area contributed by atoms with E-state index in [4.69, 9.17) is 0 Å². The molecule has 0 fully saturated rings. The van der Waals surface area contributed by atoms with Crippen LogP contribution in [0, 0.1) is 0 Å². The molecule has 0 spiro atoms. The maximum absolute atomic E-state index is 4.40. The molecule has 0 atom stereocenters. The molecule has 0 aliphatic carbocycles. The van der Waals surface area contributed by atoms with Gasteiger partial charge in [0.15, 0.2) is 0 Å². The second-order valence-corrected chi connectivity index (χ2v) is 4.15. The zero-order chi connectivity index (χ0) is 13.1. The topological polar surface area (TPSA) is 72.9 Å². The average Bonchev–Trinajstić information content (AvgIpc) is 3.08. The van der Waals surface area contributed by atoms with E-state index in [2.05, 4.69) is 32.4 Å². The number of aryl methyl sites for hydroxylation is 1. The van der Waals surface area contributed by atoms with Gasteiger partial charge in [0, 0.05) is 30.7 Å². The Morgan fingerprint density at radius 1 is 1.32 bits per heavy atom. The molecule has 3 aromatic rings. The molecule has 7 heteroatoms. The van der Waals surface area contributed by atoms with E-state index in [1.165, 1.54) is 6.33 Å². The fourth-order valence-corrected chi connectivity index (χ4v) is 1.90. The first-order valence-corrected chi connectivity index (χ1v) is 6.28. The Morgan fingerprint density at radius 2 is 2.26 bits per heavy atom. The molecular formula is C12H15N7. The quantitative estimate of drug-likeness (QED) is 0.738. The zero-order valence-electron chi connectivity index (χ0n) is 10.7. The Hall–Kier alpha value is -2.44. The highest BCUT2D eigenvalue weighted by atomic mass is 15.4. The summed E-state index contributed by atoms with van der Waals surface area (Å²) in [6.45, 7) is 3.64. The van der Waals surface area contributed by atoms with E-state index in [0.29, 0.717) is 5.78 Å². The third kappa shape index (κ3) is 2.40. The van der Waals surface area contributed by atoms with Crippen LogP contribution >= 0.6 is 0 Å². The summed E-state index contributed by atoms with van der Waals surface area (Å²) in [5.74, 6) is 1.53. The lowest BCUT2D eigenvalue weighted by molar-refractivity contribution is 0.635. The SMILES string of the molecule is CCc1cc(NCCn2cccn2)n2ncnc2n1. The Morgan fingerprint density at radius 3 is 3.05 bits per heavy atom. The van der Waals surface area contributed by atoms with Crippen molar-refractivity contribution in [2.45, 2.75) is 19.9 Å². The summed E-state index contributed by atoms with van der Waals surface area (Å²) in [4.78, 5) is 8.53. The summed E-state index contributed by atoms with van der Waals surface area (Å²) in [6.07, 6.45) is 6.10. The van der Waals surface area contributed by atoms with Gasteiger partial charge in [-0.1, -0.05) is 6.92 Å². The van der Waals surface area contributed by atoms with Crippen LogP contribution in [0.1, 0.15) is 12.6 Å². The largest absolute Gasteiger partial charge is 0.368 e. The average molecular weight is 257 g/mol. The number of fused-ring (bicyclic) bond motifs is 1. The van der Waals surface area contributed by atoms with Crippen molar-refractivity contribution in [3.63, 3.8) is 0 Å². The normalized spacial score (nSPS) is 11.0. The lowest BCUT2D eigenvalue weighted by atomic mass is 10.3. The van der Waals surface area contributed by atoms with Gasteiger partial charge in [-0.05, 0) is 12.5 Å². The van der Waals surface area contributed by atoms with Crippen LogP contribution in [0.3, 0.4) is 0 Å². The molecule has 19 heavy (non-hydrogen) atoms. The van der Waals surface area contributed by atoms with E-state index in [1.54, 1.807) is 10.7 Å². The lowest BCUT2D eigenvalue weighted by Crippen LogP contribution is -2.14. The van der Waals surface area contributed by atoms with Gasteiger partial charge < -0.3 is 5.32 Å². The van der Waals surface area contributed by atoms with Gasteiger partial charge >= 0.3 is 0 Å². The number of aromatic nitrogens is 6. The van der Waals surface area contributed by atoms with Crippen molar-refractivity contribution < 1.29 is 0 Å². The van der Waals surface area contributed by atoms with Crippen molar-refractivity contribution in [1.82, 2.24) is 29.4 Å². The van der Waals surface area contributed by atoms with Gasteiger partial charge in [-0.2, -0.15) is 19.7 Å². The van der Waals surface area contributed by atoms with Crippen LogP contribution in [0.25, 0.3) is 5.78 Å². The molecule has 0 aromatic carbocycles. The molecule has 0 bridgehead atoms. The van der Waals surface area contributed by atoms with Crippen molar-refractivity contribution >= 4 is 11.6 Å². The molecule has 0 saturated carbocycles. The van der Waals surface area contributed by atoms with E-state index < -0.39 is 0 Å². The first-order chi connectivity index (χ1) is 9.36. The summed E-state index contributed by atoms with van der Waals surface area (Å²) in [5.41, 5.74) is 1.00. The summed E-state index contributed by atoms with van der Waals surface area (Å²) < 4.78 is 3.59. The van der Waals surface area contributed by atoms with Gasteiger partial charge in [-0.25, -0.2) is 4.98 Å². The second-order valence-electron chi connectivity index (χ2n) is 4.15. The van der Waals surface area contributed by atoms with Gasteiger partial charge in [0.1, 0.15) is 12.1 Å². The highest BCUT2D eigenvalue weighted by molar-refractivity contribution is 5.44. The molecule has 1 N–H and O–H groups in total. The Labute approximate surface area is 110 Å². The molecule has 3 aromatic heterocycles. The molecule has 0 unspecified atom stereocenters. The third-order valence-corrected chi connectivity index (χ3v) is 2.87. The van der Waals surface area contributed by atoms with Crippen LogP contribution in [0.4, 0.5) is 5.82 Å². The van der Waals surface area contributed by atoms with Gasteiger partial charge in [-0.3, -0.25) is 4.68 Å².